The third-order valence-electron chi connectivity index (χ3n) is 3.57. The molecule has 0 aromatic carbocycles. The molecule has 0 aliphatic carbocycles. The van der Waals surface area contributed by atoms with Gasteiger partial charge in [0.1, 0.15) is 0 Å². The number of piperidine rings is 1. The second kappa shape index (κ2) is 6.09. The lowest BCUT2D eigenvalue weighted by Crippen LogP contribution is -2.51. The van der Waals surface area contributed by atoms with E-state index in [0.29, 0.717) is 12.8 Å². The highest BCUT2D eigenvalue weighted by molar-refractivity contribution is 6.40. The van der Waals surface area contributed by atoms with Gasteiger partial charge >= 0.3 is 0 Å². The van der Waals surface area contributed by atoms with Gasteiger partial charge in [0, 0.05) is 5.41 Å². The minimum atomic E-state index is -0.792. The van der Waals surface area contributed by atoms with E-state index in [1.807, 2.05) is 6.92 Å². The Bertz CT molecular complexity index is 344. The number of imide groups is 1. The van der Waals surface area contributed by atoms with E-state index in [0.717, 1.165) is 19.4 Å². The summed E-state index contributed by atoms with van der Waals surface area (Å²) in [5, 5.41) is 5.24. The summed E-state index contributed by atoms with van der Waals surface area (Å²) in [7, 11) is 0. The molecular weight excluding hydrogens is 232 g/mol. The van der Waals surface area contributed by atoms with Crippen LogP contribution in [0, 0.1) is 5.41 Å². The number of amides is 2. The van der Waals surface area contributed by atoms with Gasteiger partial charge in [0.25, 0.3) is 5.91 Å². The van der Waals surface area contributed by atoms with Crippen molar-refractivity contribution in [1.29, 1.82) is 0 Å². The van der Waals surface area contributed by atoms with Crippen molar-refractivity contribution in [1.82, 2.24) is 10.6 Å². The van der Waals surface area contributed by atoms with Crippen LogP contribution in [0.5, 0.6) is 0 Å². The molecule has 2 amide bonds. The van der Waals surface area contributed by atoms with E-state index in [2.05, 4.69) is 10.6 Å². The molecule has 102 valence electrons. The molecule has 1 fully saturated rings. The number of ketones is 1. The predicted molar refractivity (Wildman–Crippen MR) is 67.9 cm³/mol. The monoisotopic (exact) mass is 254 g/mol. The minimum absolute atomic E-state index is 0.347. The summed E-state index contributed by atoms with van der Waals surface area (Å²) in [6, 6.07) is -0.347. The summed E-state index contributed by atoms with van der Waals surface area (Å²) in [6.45, 7) is 6.03. The molecule has 0 aromatic heterocycles. The van der Waals surface area contributed by atoms with Crippen LogP contribution in [0.4, 0.5) is 0 Å². The Morgan fingerprint density at radius 2 is 1.94 bits per heavy atom. The van der Waals surface area contributed by atoms with Crippen LogP contribution in [-0.2, 0) is 14.4 Å². The van der Waals surface area contributed by atoms with Crippen LogP contribution in [0.15, 0.2) is 0 Å². The Hall–Kier alpha value is -1.23. The standard InChI is InChI=1S/C13H22N2O3/c1-4-13(2,3)10(16)12(18)15-11(17)9-7-5-6-8-14-9/h9,14H,4-8H2,1-3H3,(H,15,17,18)/t9-/m0/s1. The summed E-state index contributed by atoms with van der Waals surface area (Å²) in [5.74, 6) is -1.71. The zero-order chi connectivity index (χ0) is 13.8. The SMILES string of the molecule is CCC(C)(C)C(=O)C(=O)NC(=O)[C@@H]1CCCCN1. The summed E-state index contributed by atoms with van der Waals surface area (Å²) in [6.07, 6.45) is 3.28. The quantitative estimate of drug-likeness (QED) is 0.727. The van der Waals surface area contributed by atoms with Crippen LogP contribution in [0.3, 0.4) is 0 Å². The molecule has 0 spiro atoms. The van der Waals surface area contributed by atoms with Crippen LogP contribution in [0.2, 0.25) is 0 Å². The van der Waals surface area contributed by atoms with E-state index in [4.69, 9.17) is 0 Å². The first-order valence-electron chi connectivity index (χ1n) is 6.51. The van der Waals surface area contributed by atoms with Crippen molar-refractivity contribution in [2.75, 3.05) is 6.54 Å². The van der Waals surface area contributed by atoms with Gasteiger partial charge in [-0.1, -0.05) is 27.2 Å². The van der Waals surface area contributed by atoms with Crippen molar-refractivity contribution in [2.24, 2.45) is 5.41 Å². The van der Waals surface area contributed by atoms with E-state index < -0.39 is 17.1 Å². The highest BCUT2D eigenvalue weighted by Crippen LogP contribution is 2.20. The molecule has 1 atom stereocenters. The molecule has 5 nitrogen and oxygen atoms in total. The molecule has 2 N–H and O–H groups in total. The van der Waals surface area contributed by atoms with Gasteiger partial charge in [-0.15, -0.1) is 0 Å². The highest BCUT2D eigenvalue weighted by atomic mass is 16.2. The molecule has 5 heteroatoms. The van der Waals surface area contributed by atoms with Crippen molar-refractivity contribution in [2.45, 2.75) is 52.5 Å². The molecule has 0 saturated carbocycles. The normalized spacial score (nSPS) is 20.3. The fourth-order valence-electron chi connectivity index (χ4n) is 1.80. The number of carbonyl (C=O) groups excluding carboxylic acids is 3. The fourth-order valence-corrected chi connectivity index (χ4v) is 1.80. The van der Waals surface area contributed by atoms with Crippen molar-refractivity contribution >= 4 is 17.6 Å². The Balaban J connectivity index is 2.53. The number of hydrogen-bond acceptors (Lipinski definition) is 4. The van der Waals surface area contributed by atoms with Gasteiger partial charge in [-0.25, -0.2) is 0 Å². The second-order valence-electron chi connectivity index (χ2n) is 5.39. The topological polar surface area (TPSA) is 75.3 Å². The van der Waals surface area contributed by atoms with E-state index >= 15 is 0 Å². The van der Waals surface area contributed by atoms with Crippen LogP contribution < -0.4 is 10.6 Å². The van der Waals surface area contributed by atoms with Gasteiger partial charge in [-0.2, -0.15) is 0 Å². The van der Waals surface area contributed by atoms with Crippen molar-refractivity contribution in [3.05, 3.63) is 0 Å². The fraction of sp³-hybridized carbons (Fsp3) is 0.769. The first-order chi connectivity index (χ1) is 8.38. The Kier molecular flexibility index (Phi) is 5.02. The number of carbonyl (C=O) groups is 3. The van der Waals surface area contributed by atoms with Gasteiger partial charge in [0.05, 0.1) is 6.04 Å². The smallest absolute Gasteiger partial charge is 0.294 e. The lowest BCUT2D eigenvalue weighted by molar-refractivity contribution is -0.145. The minimum Gasteiger partial charge on any atom is -0.306 e. The number of Topliss-reactive ketones (excluding diaryl/α,β-unsaturated/α-hetero) is 1. The maximum absolute atomic E-state index is 11.8. The Morgan fingerprint density at radius 1 is 1.28 bits per heavy atom. The number of hydrogen-bond donors (Lipinski definition) is 2. The van der Waals surface area contributed by atoms with E-state index in [-0.39, 0.29) is 11.9 Å². The summed E-state index contributed by atoms with van der Waals surface area (Å²) in [5.41, 5.74) is -0.718. The largest absolute Gasteiger partial charge is 0.306 e. The van der Waals surface area contributed by atoms with Gasteiger partial charge in [0.15, 0.2) is 0 Å². The molecule has 1 aliphatic heterocycles. The van der Waals surface area contributed by atoms with Gasteiger partial charge in [-0.05, 0) is 25.8 Å². The van der Waals surface area contributed by atoms with E-state index in [1.54, 1.807) is 13.8 Å². The predicted octanol–water partition coefficient (Wildman–Crippen LogP) is 0.777. The average molecular weight is 254 g/mol. The molecule has 18 heavy (non-hydrogen) atoms. The van der Waals surface area contributed by atoms with Gasteiger partial charge < -0.3 is 5.32 Å². The molecule has 0 radical (unpaired) electrons. The third-order valence-corrected chi connectivity index (χ3v) is 3.57. The number of nitrogens with one attached hydrogen (secondary N) is 2. The van der Waals surface area contributed by atoms with Crippen LogP contribution in [-0.4, -0.2) is 30.2 Å². The molecule has 0 unspecified atom stereocenters. The maximum Gasteiger partial charge on any atom is 0.294 e. The van der Waals surface area contributed by atoms with Crippen molar-refractivity contribution in [3.8, 4) is 0 Å². The second-order valence-corrected chi connectivity index (χ2v) is 5.39. The van der Waals surface area contributed by atoms with Crippen molar-refractivity contribution in [3.63, 3.8) is 0 Å². The zero-order valence-corrected chi connectivity index (χ0v) is 11.3. The first-order valence-corrected chi connectivity index (χ1v) is 6.51. The maximum atomic E-state index is 11.8. The molecule has 1 rings (SSSR count). The molecular formula is C13H22N2O3. The van der Waals surface area contributed by atoms with E-state index in [9.17, 15) is 14.4 Å². The Morgan fingerprint density at radius 3 is 2.44 bits per heavy atom. The van der Waals surface area contributed by atoms with Crippen LogP contribution >= 0.6 is 0 Å². The van der Waals surface area contributed by atoms with Gasteiger partial charge in [0.2, 0.25) is 11.7 Å². The molecule has 1 saturated heterocycles. The zero-order valence-electron chi connectivity index (χ0n) is 11.3. The lowest BCUT2D eigenvalue weighted by Gasteiger charge is -2.23. The molecule has 1 heterocycles. The first kappa shape index (κ1) is 14.8. The third kappa shape index (κ3) is 3.63. The summed E-state index contributed by atoms with van der Waals surface area (Å²) < 4.78 is 0. The summed E-state index contributed by atoms with van der Waals surface area (Å²) in [4.78, 5) is 35.3. The molecule has 0 aromatic rings. The molecule has 1 aliphatic rings. The Labute approximate surface area is 108 Å². The van der Waals surface area contributed by atoms with Gasteiger partial charge in [-0.3, -0.25) is 19.7 Å². The van der Waals surface area contributed by atoms with Crippen LogP contribution in [0.25, 0.3) is 0 Å². The summed E-state index contributed by atoms with van der Waals surface area (Å²) >= 11 is 0. The lowest BCUT2D eigenvalue weighted by atomic mass is 9.85. The van der Waals surface area contributed by atoms with E-state index in [1.165, 1.54) is 0 Å². The molecule has 0 bridgehead atoms. The van der Waals surface area contributed by atoms with Crippen LogP contribution in [0.1, 0.15) is 46.5 Å². The number of rotatable bonds is 4. The van der Waals surface area contributed by atoms with Crippen molar-refractivity contribution < 1.29 is 14.4 Å². The highest BCUT2D eigenvalue weighted by Gasteiger charge is 2.33. The average Bonchev–Trinajstić information content (AvgIpc) is 2.38.